The van der Waals surface area contributed by atoms with E-state index in [2.05, 4.69) is 0 Å². The maximum Gasteiger partial charge on any atom is 0.227 e. The Hall–Kier alpha value is -1.33. The van der Waals surface area contributed by atoms with Crippen molar-refractivity contribution in [1.82, 2.24) is 0 Å². The summed E-state index contributed by atoms with van der Waals surface area (Å²) in [5.74, 6) is 0.348. The smallest absolute Gasteiger partial charge is 0.227 e. The average Bonchev–Trinajstić information content (AvgIpc) is 2.25. The molecule has 1 N–H and O–H groups in total. The molecule has 0 aromatic carbocycles. The normalized spacial score (nSPS) is 10.8. The van der Waals surface area contributed by atoms with Crippen LogP contribution in [0.5, 0.6) is 5.75 Å². The molecule has 0 saturated heterocycles. The summed E-state index contributed by atoms with van der Waals surface area (Å²) in [7, 11) is 0. The molecule has 0 aliphatic rings. The molecule has 16 heavy (non-hydrogen) atoms. The molecule has 1 aromatic rings. The molecule has 1 heterocycles. The van der Waals surface area contributed by atoms with E-state index in [-0.39, 0.29) is 29.6 Å². The van der Waals surface area contributed by atoms with Gasteiger partial charge in [0.15, 0.2) is 0 Å². The van der Waals surface area contributed by atoms with E-state index in [9.17, 15) is 4.79 Å². The highest BCUT2D eigenvalue weighted by Crippen LogP contribution is 2.05. The van der Waals surface area contributed by atoms with Gasteiger partial charge in [-0.25, -0.2) is 0 Å². The Morgan fingerprint density at radius 2 is 2.19 bits per heavy atom. The van der Waals surface area contributed by atoms with Crippen molar-refractivity contribution in [3.05, 3.63) is 28.3 Å². The maximum absolute atomic E-state index is 11.4. The summed E-state index contributed by atoms with van der Waals surface area (Å²) < 4.78 is 15.4. The molecular formula is C11H16O5. The predicted molar refractivity (Wildman–Crippen MR) is 57.5 cm³/mol. The topological polar surface area (TPSA) is 68.9 Å². The third kappa shape index (κ3) is 4.04. The lowest BCUT2D eigenvalue weighted by Gasteiger charge is -2.08. The zero-order chi connectivity index (χ0) is 12.0. The van der Waals surface area contributed by atoms with E-state index in [4.69, 9.17) is 19.0 Å². The fraction of sp³-hybridized carbons (Fsp3) is 0.545. The van der Waals surface area contributed by atoms with Crippen molar-refractivity contribution >= 4 is 0 Å². The fourth-order valence-corrected chi connectivity index (χ4v) is 1.06. The number of aliphatic hydroxyl groups excluding tert-OH is 1. The Morgan fingerprint density at radius 3 is 2.75 bits per heavy atom. The highest BCUT2D eigenvalue weighted by molar-refractivity contribution is 5.17. The van der Waals surface area contributed by atoms with E-state index in [1.54, 1.807) is 0 Å². The van der Waals surface area contributed by atoms with Gasteiger partial charge in [-0.1, -0.05) is 0 Å². The summed E-state index contributed by atoms with van der Waals surface area (Å²) in [5, 5.41) is 8.73. The van der Waals surface area contributed by atoms with Crippen LogP contribution in [0, 0.1) is 0 Å². The minimum atomic E-state index is -0.306. The molecule has 0 saturated carbocycles. The van der Waals surface area contributed by atoms with Gasteiger partial charge in [0.2, 0.25) is 11.2 Å². The lowest BCUT2D eigenvalue weighted by Crippen LogP contribution is -2.14. The van der Waals surface area contributed by atoms with Crippen LogP contribution in [0.15, 0.2) is 21.5 Å². The van der Waals surface area contributed by atoms with E-state index in [0.717, 1.165) is 0 Å². The van der Waals surface area contributed by atoms with Crippen LogP contribution in [0.1, 0.15) is 19.6 Å². The SMILES string of the molecule is CC(C)OCCOc1coc(CO)cc1=O. The Bertz CT molecular complexity index is 369. The third-order valence-electron chi connectivity index (χ3n) is 1.80. The van der Waals surface area contributed by atoms with Crippen molar-refractivity contribution in [2.45, 2.75) is 26.6 Å². The number of aliphatic hydroxyl groups is 1. The number of hydrogen-bond acceptors (Lipinski definition) is 5. The number of ether oxygens (including phenoxy) is 2. The van der Waals surface area contributed by atoms with Crippen LogP contribution in [0.2, 0.25) is 0 Å². The molecule has 0 atom stereocenters. The van der Waals surface area contributed by atoms with Crippen LogP contribution in [0.3, 0.4) is 0 Å². The van der Waals surface area contributed by atoms with Gasteiger partial charge in [0.25, 0.3) is 0 Å². The Morgan fingerprint density at radius 1 is 1.44 bits per heavy atom. The molecular weight excluding hydrogens is 212 g/mol. The second-order valence-corrected chi connectivity index (χ2v) is 3.50. The molecule has 0 spiro atoms. The minimum Gasteiger partial charge on any atom is -0.484 e. The quantitative estimate of drug-likeness (QED) is 0.734. The molecule has 1 rings (SSSR count). The zero-order valence-corrected chi connectivity index (χ0v) is 9.43. The van der Waals surface area contributed by atoms with Crippen molar-refractivity contribution in [3.63, 3.8) is 0 Å². The lowest BCUT2D eigenvalue weighted by atomic mass is 10.4. The summed E-state index contributed by atoms with van der Waals surface area (Å²) >= 11 is 0. The van der Waals surface area contributed by atoms with Gasteiger partial charge in [-0.05, 0) is 13.8 Å². The maximum atomic E-state index is 11.4. The summed E-state index contributed by atoms with van der Waals surface area (Å²) in [4.78, 5) is 11.4. The fourth-order valence-electron chi connectivity index (χ4n) is 1.06. The van der Waals surface area contributed by atoms with Crippen LogP contribution in [-0.2, 0) is 11.3 Å². The first-order valence-corrected chi connectivity index (χ1v) is 5.10. The van der Waals surface area contributed by atoms with Gasteiger partial charge in [-0.3, -0.25) is 4.79 Å². The van der Waals surface area contributed by atoms with Crippen molar-refractivity contribution < 1.29 is 19.0 Å². The molecule has 0 fully saturated rings. The van der Waals surface area contributed by atoms with Crippen molar-refractivity contribution in [1.29, 1.82) is 0 Å². The van der Waals surface area contributed by atoms with Crippen LogP contribution in [-0.4, -0.2) is 24.4 Å². The number of rotatable bonds is 6. The van der Waals surface area contributed by atoms with Gasteiger partial charge in [0, 0.05) is 6.07 Å². The summed E-state index contributed by atoms with van der Waals surface area (Å²) in [6, 6.07) is 1.21. The van der Waals surface area contributed by atoms with Crippen LogP contribution >= 0.6 is 0 Å². The van der Waals surface area contributed by atoms with Gasteiger partial charge < -0.3 is 19.0 Å². The summed E-state index contributed by atoms with van der Waals surface area (Å²) in [6.07, 6.45) is 1.33. The van der Waals surface area contributed by atoms with Crippen LogP contribution < -0.4 is 10.2 Å². The molecule has 0 bridgehead atoms. The van der Waals surface area contributed by atoms with E-state index in [1.807, 2.05) is 13.8 Å². The second-order valence-electron chi connectivity index (χ2n) is 3.50. The molecule has 0 amide bonds. The average molecular weight is 228 g/mol. The monoisotopic (exact) mass is 228 g/mol. The Balaban J connectivity index is 2.45. The highest BCUT2D eigenvalue weighted by Gasteiger charge is 2.03. The molecule has 0 aliphatic carbocycles. The molecule has 1 aromatic heterocycles. The first-order valence-electron chi connectivity index (χ1n) is 5.10. The molecule has 0 unspecified atom stereocenters. The van der Waals surface area contributed by atoms with E-state index in [1.165, 1.54) is 12.3 Å². The molecule has 0 radical (unpaired) electrons. The summed E-state index contributed by atoms with van der Waals surface area (Å²) in [5.41, 5.74) is -0.306. The molecule has 90 valence electrons. The highest BCUT2D eigenvalue weighted by atomic mass is 16.5. The largest absolute Gasteiger partial charge is 0.484 e. The first kappa shape index (κ1) is 12.7. The minimum absolute atomic E-state index is 0.129. The van der Waals surface area contributed by atoms with E-state index in [0.29, 0.717) is 13.2 Å². The standard InChI is InChI=1S/C11H16O5/c1-8(2)14-3-4-15-11-7-16-9(6-12)5-10(11)13/h5,7-8,12H,3-4,6H2,1-2H3. The van der Waals surface area contributed by atoms with Crippen LogP contribution in [0.4, 0.5) is 0 Å². The van der Waals surface area contributed by atoms with Gasteiger partial charge in [-0.2, -0.15) is 0 Å². The van der Waals surface area contributed by atoms with Crippen LogP contribution in [0.25, 0.3) is 0 Å². The zero-order valence-electron chi connectivity index (χ0n) is 9.43. The van der Waals surface area contributed by atoms with Gasteiger partial charge in [0.05, 0.1) is 12.7 Å². The number of hydrogen-bond donors (Lipinski definition) is 1. The second kappa shape index (κ2) is 6.30. The Labute approximate surface area is 93.6 Å². The van der Waals surface area contributed by atoms with Crippen molar-refractivity contribution in [2.75, 3.05) is 13.2 Å². The first-order chi connectivity index (χ1) is 7.63. The third-order valence-corrected chi connectivity index (χ3v) is 1.80. The van der Waals surface area contributed by atoms with E-state index < -0.39 is 0 Å². The predicted octanol–water partition coefficient (Wildman–Crippen LogP) is 0.936. The van der Waals surface area contributed by atoms with Gasteiger partial charge >= 0.3 is 0 Å². The van der Waals surface area contributed by atoms with E-state index >= 15 is 0 Å². The van der Waals surface area contributed by atoms with Gasteiger partial charge in [0.1, 0.15) is 25.2 Å². The molecule has 0 aliphatic heterocycles. The Kier molecular flexibility index (Phi) is 5.01. The molecule has 5 heteroatoms. The summed E-state index contributed by atoms with van der Waals surface area (Å²) in [6.45, 7) is 4.25. The van der Waals surface area contributed by atoms with Gasteiger partial charge in [-0.15, -0.1) is 0 Å². The lowest BCUT2D eigenvalue weighted by molar-refractivity contribution is 0.0544. The molecule has 5 nitrogen and oxygen atoms in total. The van der Waals surface area contributed by atoms with Crippen molar-refractivity contribution in [2.24, 2.45) is 0 Å². The van der Waals surface area contributed by atoms with Crippen molar-refractivity contribution in [3.8, 4) is 5.75 Å².